The molecule has 0 radical (unpaired) electrons. The first-order chi connectivity index (χ1) is 16.4. The molecule has 0 spiro atoms. The molecule has 0 bridgehead atoms. The van der Waals surface area contributed by atoms with Gasteiger partial charge in [0.15, 0.2) is 0 Å². The van der Waals surface area contributed by atoms with Gasteiger partial charge in [0.2, 0.25) is 0 Å². The molecule has 0 aliphatic carbocycles. The Kier molecular flexibility index (Phi) is 9.54. The number of nitrogens with one attached hydrogen (secondary N) is 1. The topological polar surface area (TPSA) is 73.9 Å². The number of esters is 1. The molecule has 1 N–H and O–H groups in total. The second kappa shape index (κ2) is 12.4. The Morgan fingerprint density at radius 3 is 2.35 bits per heavy atom. The van der Waals surface area contributed by atoms with Crippen LogP contribution in [-0.4, -0.2) is 44.8 Å². The van der Waals surface area contributed by atoms with E-state index < -0.39 is 17.9 Å². The number of amides is 1. The summed E-state index contributed by atoms with van der Waals surface area (Å²) < 4.78 is 16.5. The molecule has 0 saturated carbocycles. The normalized spacial score (nSPS) is 16.2. The summed E-state index contributed by atoms with van der Waals surface area (Å²) in [6.45, 7) is 4.01. The van der Waals surface area contributed by atoms with E-state index >= 15 is 0 Å². The molecule has 2 aromatic rings. The van der Waals surface area contributed by atoms with Crippen LogP contribution in [-0.2, 0) is 24.6 Å². The highest BCUT2D eigenvalue weighted by Gasteiger charge is 2.35. The van der Waals surface area contributed by atoms with Crippen molar-refractivity contribution in [1.29, 1.82) is 0 Å². The zero-order chi connectivity index (χ0) is 24.6. The fraction of sp³-hybridized carbons (Fsp3) is 0.385. The molecule has 1 unspecified atom stereocenters. The molecule has 1 amide bonds. The van der Waals surface area contributed by atoms with E-state index in [1.807, 2.05) is 31.2 Å². The number of methoxy groups -OCH3 is 1. The third kappa shape index (κ3) is 6.39. The highest BCUT2D eigenvalue weighted by Crippen LogP contribution is 2.36. The van der Waals surface area contributed by atoms with Crippen molar-refractivity contribution in [3.05, 3.63) is 75.3 Å². The highest BCUT2D eigenvalue weighted by atomic mass is 35.5. The predicted octanol–water partition coefficient (Wildman–Crippen LogP) is 5.41. The molecule has 34 heavy (non-hydrogen) atoms. The van der Waals surface area contributed by atoms with Gasteiger partial charge in [-0.15, -0.1) is 0 Å². The van der Waals surface area contributed by atoms with Gasteiger partial charge in [-0.1, -0.05) is 65.7 Å². The van der Waals surface area contributed by atoms with Crippen LogP contribution in [0, 0.1) is 0 Å². The Bertz CT molecular complexity index is 991. The van der Waals surface area contributed by atoms with E-state index in [0.717, 1.165) is 24.0 Å². The maximum atomic E-state index is 12.7. The van der Waals surface area contributed by atoms with Crippen LogP contribution >= 0.6 is 23.2 Å². The Morgan fingerprint density at radius 1 is 1.12 bits per heavy atom. The number of hydrogen-bond acceptors (Lipinski definition) is 5. The van der Waals surface area contributed by atoms with Gasteiger partial charge in [-0.2, -0.15) is 0 Å². The van der Waals surface area contributed by atoms with Crippen LogP contribution in [0.4, 0.5) is 0 Å². The fourth-order valence-electron chi connectivity index (χ4n) is 4.03. The van der Waals surface area contributed by atoms with Crippen molar-refractivity contribution >= 4 is 41.2 Å². The van der Waals surface area contributed by atoms with Gasteiger partial charge in [-0.25, -0.2) is 4.79 Å². The second-order valence-corrected chi connectivity index (χ2v) is 8.76. The van der Waals surface area contributed by atoms with Gasteiger partial charge >= 0.3 is 5.97 Å². The largest absolute Gasteiger partial charge is 0.467 e. The van der Waals surface area contributed by atoms with Crippen LogP contribution in [0.25, 0.3) is 6.08 Å². The Labute approximate surface area is 210 Å². The first-order valence-corrected chi connectivity index (χ1v) is 12.0. The molecule has 6 nitrogen and oxygen atoms in total. The molecule has 8 heteroatoms. The number of hydrogen-bond donors (Lipinski definition) is 1. The average molecular weight is 506 g/mol. The predicted molar refractivity (Wildman–Crippen MR) is 133 cm³/mol. The van der Waals surface area contributed by atoms with E-state index in [4.69, 9.17) is 37.4 Å². The van der Waals surface area contributed by atoms with Crippen molar-refractivity contribution in [1.82, 2.24) is 5.32 Å². The minimum Gasteiger partial charge on any atom is -0.467 e. The SMILES string of the molecule is CCOC1(c2ccc(/C=C/CC(NC(=O)c3c(Cl)cccc3Cl)C(=O)OC)cc2)CCOCC1. The Hall–Kier alpha value is -2.38. The second-order valence-electron chi connectivity index (χ2n) is 7.95. The number of carbonyl (C=O) groups is 2. The van der Waals surface area contributed by atoms with E-state index in [1.165, 1.54) is 7.11 Å². The quantitative estimate of drug-likeness (QED) is 0.461. The van der Waals surface area contributed by atoms with Crippen molar-refractivity contribution in [2.24, 2.45) is 0 Å². The molecule has 1 fully saturated rings. The summed E-state index contributed by atoms with van der Waals surface area (Å²) in [6.07, 6.45) is 5.60. The molecule has 2 aromatic carbocycles. The number of halogens is 2. The molecular weight excluding hydrogens is 477 g/mol. The summed E-state index contributed by atoms with van der Waals surface area (Å²) in [7, 11) is 1.27. The van der Waals surface area contributed by atoms with Crippen molar-refractivity contribution in [3.8, 4) is 0 Å². The van der Waals surface area contributed by atoms with Crippen molar-refractivity contribution < 1.29 is 23.8 Å². The van der Waals surface area contributed by atoms with Gasteiger partial charge in [-0.05, 0) is 36.6 Å². The lowest BCUT2D eigenvalue weighted by Gasteiger charge is -2.37. The third-order valence-corrected chi connectivity index (χ3v) is 6.45. The van der Waals surface area contributed by atoms with Gasteiger partial charge in [0.05, 0.1) is 28.3 Å². The average Bonchev–Trinajstić information content (AvgIpc) is 2.84. The number of carbonyl (C=O) groups excluding carboxylic acids is 2. The number of rotatable bonds is 9. The maximum Gasteiger partial charge on any atom is 0.328 e. The van der Waals surface area contributed by atoms with E-state index in [-0.39, 0.29) is 27.6 Å². The van der Waals surface area contributed by atoms with Crippen LogP contribution in [0.15, 0.2) is 48.5 Å². The summed E-state index contributed by atoms with van der Waals surface area (Å²) >= 11 is 12.2. The smallest absolute Gasteiger partial charge is 0.328 e. The zero-order valence-corrected chi connectivity index (χ0v) is 20.8. The third-order valence-electron chi connectivity index (χ3n) is 5.82. The first-order valence-electron chi connectivity index (χ1n) is 11.2. The van der Waals surface area contributed by atoms with Crippen molar-refractivity contribution in [2.75, 3.05) is 26.9 Å². The Morgan fingerprint density at radius 2 is 1.76 bits per heavy atom. The van der Waals surface area contributed by atoms with Gasteiger partial charge in [0.25, 0.3) is 5.91 Å². The number of ether oxygens (including phenoxy) is 3. The highest BCUT2D eigenvalue weighted by molar-refractivity contribution is 6.39. The van der Waals surface area contributed by atoms with E-state index in [2.05, 4.69) is 17.4 Å². The minimum atomic E-state index is -0.885. The maximum absolute atomic E-state index is 12.7. The van der Waals surface area contributed by atoms with Crippen molar-refractivity contribution in [2.45, 2.75) is 37.8 Å². The molecule has 1 aliphatic rings. The van der Waals surface area contributed by atoms with Crippen LogP contribution in [0.3, 0.4) is 0 Å². The first kappa shape index (κ1) is 26.2. The minimum absolute atomic E-state index is 0.121. The van der Waals surface area contributed by atoms with Crippen LogP contribution in [0.2, 0.25) is 10.0 Å². The van der Waals surface area contributed by atoms with E-state index in [0.29, 0.717) is 19.8 Å². The Balaban J connectivity index is 1.68. The van der Waals surface area contributed by atoms with Crippen LogP contribution in [0.1, 0.15) is 47.7 Å². The molecule has 1 aliphatic heterocycles. The summed E-state index contributed by atoms with van der Waals surface area (Å²) in [6, 6.07) is 12.0. The lowest BCUT2D eigenvalue weighted by Crippen LogP contribution is -2.41. The molecule has 3 rings (SSSR count). The summed E-state index contributed by atoms with van der Waals surface area (Å²) in [5, 5.41) is 3.08. The summed E-state index contributed by atoms with van der Waals surface area (Å²) in [5.41, 5.74) is 1.91. The van der Waals surface area contributed by atoms with E-state index in [9.17, 15) is 9.59 Å². The number of benzene rings is 2. The fourth-order valence-corrected chi connectivity index (χ4v) is 4.60. The molecule has 0 aromatic heterocycles. The van der Waals surface area contributed by atoms with Gasteiger partial charge < -0.3 is 19.5 Å². The molecular formula is C26H29Cl2NO5. The lowest BCUT2D eigenvalue weighted by atomic mass is 9.85. The van der Waals surface area contributed by atoms with E-state index in [1.54, 1.807) is 18.2 Å². The van der Waals surface area contributed by atoms with Crippen LogP contribution < -0.4 is 5.32 Å². The monoisotopic (exact) mass is 505 g/mol. The van der Waals surface area contributed by atoms with Gasteiger partial charge in [-0.3, -0.25) is 4.79 Å². The zero-order valence-electron chi connectivity index (χ0n) is 19.3. The van der Waals surface area contributed by atoms with Gasteiger partial charge in [0, 0.05) is 32.7 Å². The molecule has 1 atom stereocenters. The lowest BCUT2D eigenvalue weighted by molar-refractivity contribution is -0.142. The van der Waals surface area contributed by atoms with Gasteiger partial charge in [0.1, 0.15) is 6.04 Å². The standard InChI is InChI=1S/C26H29Cl2NO5/c1-3-34-26(14-16-33-17-15-26)19-12-10-18(11-13-19)6-4-9-22(25(31)32-2)29-24(30)23-20(27)7-5-8-21(23)28/h4-8,10-13,22H,3,9,14-17H2,1-2H3,(H,29,30)/b6-4+. The molecule has 182 valence electrons. The van der Waals surface area contributed by atoms with Crippen molar-refractivity contribution in [3.63, 3.8) is 0 Å². The summed E-state index contributed by atoms with van der Waals surface area (Å²) in [5.74, 6) is -1.10. The molecule has 1 saturated heterocycles. The summed E-state index contributed by atoms with van der Waals surface area (Å²) in [4.78, 5) is 24.9. The van der Waals surface area contributed by atoms with Crippen LogP contribution in [0.5, 0.6) is 0 Å². The molecule has 1 heterocycles.